The van der Waals surface area contributed by atoms with Crippen LogP contribution in [0.5, 0.6) is 5.75 Å². The number of amides is 2. The van der Waals surface area contributed by atoms with Crippen molar-refractivity contribution in [3.63, 3.8) is 0 Å². The smallest absolute Gasteiger partial charge is 0.264 e. The molecule has 0 radical (unpaired) electrons. The van der Waals surface area contributed by atoms with E-state index in [9.17, 15) is 18.0 Å². The van der Waals surface area contributed by atoms with Crippen LogP contribution in [0.2, 0.25) is 0 Å². The van der Waals surface area contributed by atoms with E-state index in [1.165, 1.54) is 9.21 Å². The first kappa shape index (κ1) is 34.2. The van der Waals surface area contributed by atoms with Gasteiger partial charge in [0.25, 0.3) is 10.0 Å². The van der Waals surface area contributed by atoms with Crippen LogP contribution in [0.25, 0.3) is 0 Å². The van der Waals surface area contributed by atoms with Gasteiger partial charge in [0, 0.05) is 19.0 Å². The molecule has 4 aromatic carbocycles. The molecule has 4 rings (SSSR count). The molecule has 46 heavy (non-hydrogen) atoms. The topological polar surface area (TPSA) is 96.0 Å². The third-order valence-corrected chi connectivity index (χ3v) is 9.49. The molecule has 1 unspecified atom stereocenters. The number of carbonyl (C=O) groups excluding carboxylic acids is 2. The van der Waals surface area contributed by atoms with Gasteiger partial charge in [-0.2, -0.15) is 0 Å². The monoisotopic (exact) mass is 641 g/mol. The van der Waals surface area contributed by atoms with Gasteiger partial charge in [-0.3, -0.25) is 13.9 Å². The molecule has 0 saturated heterocycles. The molecular weight excluding hydrogens is 598 g/mol. The van der Waals surface area contributed by atoms with Crippen LogP contribution in [0.4, 0.5) is 5.69 Å². The lowest BCUT2D eigenvalue weighted by atomic mass is 10.0. The van der Waals surface area contributed by atoms with E-state index in [1.807, 2.05) is 88.4 Å². The van der Waals surface area contributed by atoms with Gasteiger partial charge < -0.3 is 15.0 Å². The zero-order valence-corrected chi connectivity index (χ0v) is 28.0. The van der Waals surface area contributed by atoms with E-state index in [4.69, 9.17) is 4.74 Å². The molecule has 0 bridgehead atoms. The van der Waals surface area contributed by atoms with Gasteiger partial charge in [-0.25, -0.2) is 8.42 Å². The molecular formula is C37H43N3O5S. The SMILES string of the molecule is CCc1ccccc1N(CC(=O)N(Cc1cccc(OC)c1)C(Cc1ccccc1)C(=O)NC(C)C)S(=O)(=O)c1ccc(C)cc1. The molecule has 8 nitrogen and oxygen atoms in total. The van der Waals surface area contributed by atoms with Crippen molar-refractivity contribution in [2.24, 2.45) is 0 Å². The van der Waals surface area contributed by atoms with Crippen LogP contribution >= 0.6 is 0 Å². The Bertz CT molecular complexity index is 1720. The first-order valence-corrected chi connectivity index (χ1v) is 16.9. The van der Waals surface area contributed by atoms with Gasteiger partial charge in [0.05, 0.1) is 17.7 Å². The van der Waals surface area contributed by atoms with E-state index in [0.717, 1.165) is 22.3 Å². The Morgan fingerprint density at radius 1 is 0.848 bits per heavy atom. The fourth-order valence-electron chi connectivity index (χ4n) is 5.31. The molecule has 4 aromatic rings. The fourth-order valence-corrected chi connectivity index (χ4v) is 6.76. The van der Waals surface area contributed by atoms with E-state index in [-0.39, 0.29) is 29.8 Å². The summed E-state index contributed by atoms with van der Waals surface area (Å²) >= 11 is 0. The van der Waals surface area contributed by atoms with Crippen molar-refractivity contribution in [3.05, 3.63) is 125 Å². The number of para-hydroxylation sites is 1. The van der Waals surface area contributed by atoms with Crippen molar-refractivity contribution in [3.8, 4) is 5.75 Å². The Kier molecular flexibility index (Phi) is 11.6. The number of nitrogens with zero attached hydrogens (tertiary/aromatic N) is 2. The molecule has 9 heteroatoms. The summed E-state index contributed by atoms with van der Waals surface area (Å²) in [5.41, 5.74) is 3.73. The quantitative estimate of drug-likeness (QED) is 0.184. The minimum Gasteiger partial charge on any atom is -0.497 e. The number of methoxy groups -OCH3 is 1. The van der Waals surface area contributed by atoms with E-state index < -0.39 is 28.5 Å². The molecule has 1 N–H and O–H groups in total. The lowest BCUT2D eigenvalue weighted by molar-refractivity contribution is -0.140. The third-order valence-electron chi connectivity index (χ3n) is 7.72. The highest BCUT2D eigenvalue weighted by Crippen LogP contribution is 2.29. The average molecular weight is 642 g/mol. The van der Waals surface area contributed by atoms with Gasteiger partial charge in [-0.05, 0) is 74.2 Å². The number of hydrogen-bond acceptors (Lipinski definition) is 5. The van der Waals surface area contributed by atoms with Crippen molar-refractivity contribution in [1.29, 1.82) is 0 Å². The van der Waals surface area contributed by atoms with Crippen molar-refractivity contribution < 1.29 is 22.7 Å². The van der Waals surface area contributed by atoms with E-state index >= 15 is 0 Å². The van der Waals surface area contributed by atoms with Crippen LogP contribution in [-0.4, -0.2) is 50.9 Å². The van der Waals surface area contributed by atoms with Crippen LogP contribution in [0.1, 0.15) is 43.0 Å². The van der Waals surface area contributed by atoms with Gasteiger partial charge in [0.1, 0.15) is 18.3 Å². The second kappa shape index (κ2) is 15.6. The summed E-state index contributed by atoms with van der Waals surface area (Å²) in [6.07, 6.45) is 0.802. The molecule has 0 fully saturated rings. The third kappa shape index (κ3) is 8.54. The van der Waals surface area contributed by atoms with E-state index in [2.05, 4.69) is 5.32 Å². The lowest BCUT2D eigenvalue weighted by Gasteiger charge is -2.34. The first-order chi connectivity index (χ1) is 22.0. The molecule has 2 amide bonds. The maximum Gasteiger partial charge on any atom is 0.264 e. The maximum atomic E-state index is 14.6. The van der Waals surface area contributed by atoms with Crippen LogP contribution in [0, 0.1) is 6.92 Å². The molecule has 0 heterocycles. The molecule has 242 valence electrons. The number of nitrogens with one attached hydrogen (secondary N) is 1. The normalized spacial score (nSPS) is 12.0. The molecule has 0 spiro atoms. The van der Waals surface area contributed by atoms with Gasteiger partial charge in [-0.15, -0.1) is 0 Å². The molecule has 0 aliphatic heterocycles. The highest BCUT2D eigenvalue weighted by molar-refractivity contribution is 7.92. The lowest BCUT2D eigenvalue weighted by Crippen LogP contribution is -2.54. The number of hydrogen-bond donors (Lipinski definition) is 1. The van der Waals surface area contributed by atoms with E-state index in [0.29, 0.717) is 17.9 Å². The van der Waals surface area contributed by atoms with Crippen molar-refractivity contribution in [2.45, 2.75) is 64.1 Å². The van der Waals surface area contributed by atoms with Crippen LogP contribution in [-0.2, 0) is 39.0 Å². The fraction of sp³-hybridized carbons (Fsp3) is 0.297. The second-order valence-corrected chi connectivity index (χ2v) is 13.4. The standard InChI is InChI=1S/C37H43N3O5S/c1-6-31-16-10-11-18-34(31)40(46(43,44)33-21-19-28(4)20-22-33)26-36(41)39(25-30-15-12-17-32(23-30)45-5)35(37(42)38-27(2)3)24-29-13-8-7-9-14-29/h7-23,27,35H,6,24-26H2,1-5H3,(H,38,42). The van der Waals surface area contributed by atoms with Crippen molar-refractivity contribution >= 4 is 27.5 Å². The number of ether oxygens (including phenoxy) is 1. The zero-order valence-electron chi connectivity index (χ0n) is 27.1. The summed E-state index contributed by atoms with van der Waals surface area (Å²) in [6.45, 7) is 7.12. The Morgan fingerprint density at radius 3 is 2.15 bits per heavy atom. The molecule has 0 aliphatic carbocycles. The predicted molar refractivity (Wildman–Crippen MR) is 182 cm³/mol. The number of anilines is 1. The number of sulfonamides is 1. The Hall–Kier alpha value is -4.63. The van der Waals surface area contributed by atoms with Crippen LogP contribution in [0.15, 0.2) is 108 Å². The summed E-state index contributed by atoms with van der Waals surface area (Å²) in [7, 11) is -2.61. The first-order valence-electron chi connectivity index (χ1n) is 15.5. The summed E-state index contributed by atoms with van der Waals surface area (Å²) < 4.78 is 35.2. The Balaban J connectivity index is 1.84. The maximum absolute atomic E-state index is 14.6. The average Bonchev–Trinajstić information content (AvgIpc) is 3.05. The summed E-state index contributed by atoms with van der Waals surface area (Å²) in [6, 6.07) is 29.5. The summed E-state index contributed by atoms with van der Waals surface area (Å²) in [5, 5.41) is 2.98. The van der Waals surface area contributed by atoms with E-state index in [1.54, 1.807) is 49.6 Å². The highest BCUT2D eigenvalue weighted by Gasteiger charge is 2.35. The molecule has 1 atom stereocenters. The predicted octanol–water partition coefficient (Wildman–Crippen LogP) is 5.93. The molecule has 0 aromatic heterocycles. The number of rotatable bonds is 14. The van der Waals surface area contributed by atoms with Gasteiger partial charge >= 0.3 is 0 Å². The minimum absolute atomic E-state index is 0.0624. The zero-order chi connectivity index (χ0) is 33.3. The minimum atomic E-state index is -4.17. The number of benzene rings is 4. The van der Waals surface area contributed by atoms with Crippen molar-refractivity contribution in [2.75, 3.05) is 18.0 Å². The largest absolute Gasteiger partial charge is 0.497 e. The molecule has 0 saturated carbocycles. The summed E-state index contributed by atoms with van der Waals surface area (Å²) in [5.74, 6) is -0.224. The Labute approximate surface area is 273 Å². The van der Waals surface area contributed by atoms with Gasteiger partial charge in [0.15, 0.2) is 0 Å². The second-order valence-electron chi connectivity index (χ2n) is 11.5. The van der Waals surface area contributed by atoms with Crippen LogP contribution in [0.3, 0.4) is 0 Å². The molecule has 0 aliphatic rings. The highest BCUT2D eigenvalue weighted by atomic mass is 32.2. The summed E-state index contributed by atoms with van der Waals surface area (Å²) in [4.78, 5) is 30.1. The van der Waals surface area contributed by atoms with Crippen molar-refractivity contribution in [1.82, 2.24) is 10.2 Å². The Morgan fingerprint density at radius 2 is 1.50 bits per heavy atom. The van der Waals surface area contributed by atoms with Crippen LogP contribution < -0.4 is 14.4 Å². The number of carbonyl (C=O) groups is 2. The van der Waals surface area contributed by atoms with Gasteiger partial charge in [0.2, 0.25) is 11.8 Å². The van der Waals surface area contributed by atoms with Gasteiger partial charge in [-0.1, -0.05) is 85.3 Å². The number of aryl methyl sites for hydroxylation is 2.